The van der Waals surface area contributed by atoms with Crippen molar-refractivity contribution in [2.75, 3.05) is 0 Å². The Hall–Kier alpha value is -0.910. The number of halogens is 2. The Bertz CT molecular complexity index is 690. The lowest BCUT2D eigenvalue weighted by Crippen LogP contribution is -1.77. The normalized spacial score (nSPS) is 10.8. The van der Waals surface area contributed by atoms with Crippen LogP contribution in [0, 0.1) is 0 Å². The molecule has 0 radical (unpaired) electrons. The highest BCUT2D eigenvalue weighted by molar-refractivity contribution is 9.10. The summed E-state index contributed by atoms with van der Waals surface area (Å²) in [6.45, 7) is 0. The molecular weight excluding hydrogens is 378 g/mol. The van der Waals surface area contributed by atoms with Crippen LogP contribution in [0.2, 0.25) is 0 Å². The Morgan fingerprint density at radius 3 is 2.72 bits per heavy atom. The minimum absolute atomic E-state index is 0.717. The van der Waals surface area contributed by atoms with Gasteiger partial charge in [-0.2, -0.15) is 0 Å². The van der Waals surface area contributed by atoms with E-state index in [1.165, 1.54) is 0 Å². The molecular formula is C13H7Br2NOS. The van der Waals surface area contributed by atoms with Crippen molar-refractivity contribution in [1.29, 1.82) is 0 Å². The van der Waals surface area contributed by atoms with Gasteiger partial charge in [0.15, 0.2) is 10.4 Å². The minimum atomic E-state index is 0.717. The predicted molar refractivity (Wildman–Crippen MR) is 80.7 cm³/mol. The molecule has 18 heavy (non-hydrogen) atoms. The Labute approximate surface area is 125 Å². The summed E-state index contributed by atoms with van der Waals surface area (Å²) in [7, 11) is 0. The smallest absolute Gasteiger partial charge is 0.169 e. The molecule has 3 rings (SSSR count). The summed E-state index contributed by atoms with van der Waals surface area (Å²) in [5.41, 5.74) is 1.96. The third-order valence-corrected chi connectivity index (χ3v) is 4.21. The van der Waals surface area contributed by atoms with Crippen LogP contribution in [0.4, 0.5) is 0 Å². The van der Waals surface area contributed by atoms with Crippen LogP contribution in [0.25, 0.3) is 22.0 Å². The largest absolute Gasteiger partial charge is 0.448 e. The van der Waals surface area contributed by atoms with E-state index in [1.54, 1.807) is 11.3 Å². The van der Waals surface area contributed by atoms with Gasteiger partial charge in [0.2, 0.25) is 0 Å². The Morgan fingerprint density at radius 2 is 2.00 bits per heavy atom. The fraction of sp³-hybridized carbons (Fsp3) is 0. The van der Waals surface area contributed by atoms with Gasteiger partial charge in [0, 0.05) is 15.4 Å². The molecule has 0 spiro atoms. The van der Waals surface area contributed by atoms with Crippen molar-refractivity contribution in [3.8, 4) is 22.0 Å². The van der Waals surface area contributed by atoms with Crippen LogP contribution in [0.5, 0.6) is 0 Å². The van der Waals surface area contributed by atoms with Gasteiger partial charge in [-0.1, -0.05) is 28.1 Å². The Kier molecular flexibility index (Phi) is 3.37. The molecule has 0 aliphatic rings. The molecule has 0 aliphatic heterocycles. The van der Waals surface area contributed by atoms with Crippen LogP contribution in [-0.4, -0.2) is 4.98 Å². The van der Waals surface area contributed by atoms with E-state index in [0.29, 0.717) is 0 Å². The first kappa shape index (κ1) is 12.1. The van der Waals surface area contributed by atoms with E-state index in [1.807, 2.05) is 35.7 Å². The fourth-order valence-corrected chi connectivity index (χ4v) is 3.10. The van der Waals surface area contributed by atoms with Crippen molar-refractivity contribution in [2.24, 2.45) is 0 Å². The molecule has 0 atom stereocenters. The number of nitrogens with zero attached hydrogens (tertiary/aromatic N) is 1. The van der Waals surface area contributed by atoms with Crippen LogP contribution < -0.4 is 0 Å². The second-order valence-corrected chi connectivity index (χ2v) is 6.21. The van der Waals surface area contributed by atoms with E-state index in [9.17, 15) is 0 Å². The van der Waals surface area contributed by atoms with Gasteiger partial charge in [0.25, 0.3) is 0 Å². The van der Waals surface area contributed by atoms with Crippen LogP contribution in [0.3, 0.4) is 0 Å². The summed E-state index contributed by atoms with van der Waals surface area (Å²) in [5.74, 6) is 0.777. The molecule has 0 saturated heterocycles. The zero-order chi connectivity index (χ0) is 12.5. The molecule has 1 aromatic carbocycles. The average molecular weight is 385 g/mol. The van der Waals surface area contributed by atoms with Crippen LogP contribution >= 0.6 is 43.2 Å². The molecule has 0 bridgehead atoms. The number of hydrogen-bond acceptors (Lipinski definition) is 3. The maximum atomic E-state index is 5.49. The first-order valence-electron chi connectivity index (χ1n) is 5.19. The monoisotopic (exact) mass is 383 g/mol. The summed E-state index contributed by atoms with van der Waals surface area (Å²) in [5, 5.41) is 2.99. The molecule has 0 unspecified atom stereocenters. The first-order chi connectivity index (χ1) is 8.72. The predicted octanol–water partition coefficient (Wildman–Crippen LogP) is 5.60. The van der Waals surface area contributed by atoms with E-state index >= 15 is 0 Å². The van der Waals surface area contributed by atoms with Crippen LogP contribution in [0.1, 0.15) is 0 Å². The van der Waals surface area contributed by atoms with Gasteiger partial charge in [0.1, 0.15) is 10.7 Å². The number of furan rings is 1. The lowest BCUT2D eigenvalue weighted by atomic mass is 10.2. The third kappa shape index (κ3) is 2.43. The second kappa shape index (κ2) is 4.99. The second-order valence-electron chi connectivity index (χ2n) is 3.65. The quantitative estimate of drug-likeness (QED) is 0.575. The summed E-state index contributed by atoms with van der Waals surface area (Å²) in [4.78, 5) is 4.59. The molecule has 0 aliphatic carbocycles. The first-order valence-corrected chi connectivity index (χ1v) is 7.66. The molecule has 2 heterocycles. The SMILES string of the molecule is Brc1cccc(-c2nc(-c3ccc(Br)o3)cs2)c1. The molecule has 2 aromatic heterocycles. The van der Waals surface area contributed by atoms with Crippen LogP contribution in [-0.2, 0) is 0 Å². The van der Waals surface area contributed by atoms with Crippen LogP contribution in [0.15, 0.2) is 55.3 Å². The summed E-state index contributed by atoms with van der Waals surface area (Å²) in [6.07, 6.45) is 0. The van der Waals surface area contributed by atoms with Crippen molar-refractivity contribution in [1.82, 2.24) is 4.98 Å². The van der Waals surface area contributed by atoms with Crippen molar-refractivity contribution in [3.05, 3.63) is 50.9 Å². The van der Waals surface area contributed by atoms with Gasteiger partial charge >= 0.3 is 0 Å². The Balaban J connectivity index is 1.99. The zero-order valence-corrected chi connectivity index (χ0v) is 13.0. The third-order valence-electron chi connectivity index (χ3n) is 2.40. The summed E-state index contributed by atoms with van der Waals surface area (Å²) >= 11 is 8.37. The molecule has 0 fully saturated rings. The van der Waals surface area contributed by atoms with Crippen molar-refractivity contribution in [3.63, 3.8) is 0 Å². The van der Waals surface area contributed by atoms with E-state index in [0.717, 1.165) is 31.2 Å². The van der Waals surface area contributed by atoms with E-state index in [2.05, 4.69) is 42.9 Å². The topological polar surface area (TPSA) is 26.0 Å². The van der Waals surface area contributed by atoms with Gasteiger partial charge < -0.3 is 4.42 Å². The fourth-order valence-electron chi connectivity index (χ4n) is 1.59. The standard InChI is InChI=1S/C13H7Br2NOS/c14-9-3-1-2-8(6-9)13-16-10(7-18-13)11-4-5-12(15)17-11/h1-7H. The number of aromatic nitrogens is 1. The van der Waals surface area contributed by atoms with Crippen molar-refractivity contribution in [2.45, 2.75) is 0 Å². The highest BCUT2D eigenvalue weighted by atomic mass is 79.9. The lowest BCUT2D eigenvalue weighted by Gasteiger charge is -1.96. The summed E-state index contributed by atoms with van der Waals surface area (Å²) < 4.78 is 7.26. The molecule has 90 valence electrons. The maximum Gasteiger partial charge on any atom is 0.169 e. The van der Waals surface area contributed by atoms with E-state index in [-0.39, 0.29) is 0 Å². The van der Waals surface area contributed by atoms with E-state index in [4.69, 9.17) is 4.42 Å². The molecule has 5 heteroatoms. The minimum Gasteiger partial charge on any atom is -0.448 e. The summed E-state index contributed by atoms with van der Waals surface area (Å²) in [6, 6.07) is 11.9. The van der Waals surface area contributed by atoms with Gasteiger partial charge in [-0.15, -0.1) is 11.3 Å². The number of hydrogen-bond donors (Lipinski definition) is 0. The highest BCUT2D eigenvalue weighted by Crippen LogP contribution is 2.31. The highest BCUT2D eigenvalue weighted by Gasteiger charge is 2.09. The van der Waals surface area contributed by atoms with Crippen molar-refractivity contribution < 1.29 is 4.42 Å². The van der Waals surface area contributed by atoms with Crippen molar-refractivity contribution >= 4 is 43.2 Å². The number of thiazole rings is 1. The molecule has 0 N–H and O–H groups in total. The van der Waals surface area contributed by atoms with Gasteiger partial charge in [-0.25, -0.2) is 4.98 Å². The Morgan fingerprint density at radius 1 is 1.11 bits per heavy atom. The maximum absolute atomic E-state index is 5.49. The zero-order valence-electron chi connectivity index (χ0n) is 9.06. The number of benzene rings is 1. The van der Waals surface area contributed by atoms with Gasteiger partial charge in [-0.05, 0) is 40.2 Å². The van der Waals surface area contributed by atoms with Gasteiger partial charge in [-0.3, -0.25) is 0 Å². The lowest BCUT2D eigenvalue weighted by molar-refractivity contribution is 0.554. The number of rotatable bonds is 2. The average Bonchev–Trinajstić information content (AvgIpc) is 2.97. The molecule has 3 aromatic rings. The van der Waals surface area contributed by atoms with Gasteiger partial charge in [0.05, 0.1) is 0 Å². The van der Waals surface area contributed by atoms with E-state index < -0.39 is 0 Å². The molecule has 0 amide bonds. The molecule has 0 saturated carbocycles. The molecule has 2 nitrogen and oxygen atoms in total.